The van der Waals surface area contributed by atoms with Gasteiger partial charge in [0.05, 0.1) is 5.69 Å². The molecular weight excluding hydrogens is 260 g/mol. The fourth-order valence-corrected chi connectivity index (χ4v) is 2.38. The maximum atomic E-state index is 11.8. The number of hydrogen-bond acceptors (Lipinski definition) is 2. The molecule has 0 spiro atoms. The van der Waals surface area contributed by atoms with E-state index in [1.54, 1.807) is 13.8 Å². The molecule has 0 amide bonds. The minimum Gasteiger partial charge on any atom is -0.311 e. The Hall–Kier alpha value is -2.68. The first-order chi connectivity index (χ1) is 10.1. The molecule has 0 unspecified atom stereocenters. The van der Waals surface area contributed by atoms with E-state index in [0.717, 1.165) is 16.8 Å². The predicted octanol–water partition coefficient (Wildman–Crippen LogP) is 3.72. The van der Waals surface area contributed by atoms with Gasteiger partial charge in [-0.1, -0.05) is 54.6 Å². The van der Waals surface area contributed by atoms with Crippen LogP contribution in [0.1, 0.15) is 11.4 Å². The normalized spacial score (nSPS) is 10.6. The number of rotatable bonds is 2. The lowest BCUT2D eigenvalue weighted by atomic mass is 10.0. The fourth-order valence-electron chi connectivity index (χ4n) is 2.38. The van der Waals surface area contributed by atoms with Gasteiger partial charge in [0, 0.05) is 11.1 Å². The molecule has 1 heterocycles. The number of nitrogens with one attached hydrogen (secondary N) is 1. The van der Waals surface area contributed by atoms with E-state index in [1.807, 2.05) is 30.3 Å². The molecule has 0 aliphatic heterocycles. The van der Waals surface area contributed by atoms with Gasteiger partial charge in [-0.05, 0) is 25.0 Å². The molecule has 0 radical (unpaired) electrons. The summed E-state index contributed by atoms with van der Waals surface area (Å²) >= 11 is 0. The molecule has 0 aliphatic rings. The Morgan fingerprint density at radius 1 is 0.810 bits per heavy atom. The molecule has 0 atom stereocenters. The van der Waals surface area contributed by atoms with Gasteiger partial charge in [-0.3, -0.25) is 4.79 Å². The molecular formula is C18H16N2O. The van der Waals surface area contributed by atoms with Crippen molar-refractivity contribution in [2.75, 3.05) is 0 Å². The van der Waals surface area contributed by atoms with E-state index in [-0.39, 0.29) is 5.56 Å². The van der Waals surface area contributed by atoms with Crippen molar-refractivity contribution >= 4 is 0 Å². The second-order valence-corrected chi connectivity index (χ2v) is 5.07. The molecule has 104 valence electrons. The average molecular weight is 276 g/mol. The molecule has 0 fully saturated rings. The molecule has 0 aliphatic carbocycles. The molecule has 0 saturated carbocycles. The number of aromatic amines is 1. The van der Waals surface area contributed by atoms with Gasteiger partial charge >= 0.3 is 0 Å². The lowest BCUT2D eigenvalue weighted by molar-refractivity contribution is 0.999. The van der Waals surface area contributed by atoms with E-state index in [2.05, 4.69) is 34.2 Å². The highest BCUT2D eigenvalue weighted by Crippen LogP contribution is 2.24. The highest BCUT2D eigenvalue weighted by molar-refractivity contribution is 5.69. The lowest BCUT2D eigenvalue weighted by Gasteiger charge is -2.07. The number of H-pyrrole nitrogens is 1. The standard InChI is InChI=1S/C18H16N2O/c1-12-17(19-13(2)20-18(12)21)16-10-8-15(9-11-16)14-6-4-3-5-7-14/h3-11H,1-2H3,(H,19,20,21). The topological polar surface area (TPSA) is 45.8 Å². The first-order valence-corrected chi connectivity index (χ1v) is 6.88. The monoisotopic (exact) mass is 276 g/mol. The maximum absolute atomic E-state index is 11.8. The van der Waals surface area contributed by atoms with Crippen molar-refractivity contribution < 1.29 is 0 Å². The zero-order valence-electron chi connectivity index (χ0n) is 12.1. The largest absolute Gasteiger partial charge is 0.311 e. The van der Waals surface area contributed by atoms with Crippen LogP contribution in [-0.2, 0) is 0 Å². The Morgan fingerprint density at radius 2 is 1.38 bits per heavy atom. The van der Waals surface area contributed by atoms with Gasteiger partial charge in [-0.25, -0.2) is 4.98 Å². The summed E-state index contributed by atoms with van der Waals surface area (Å²) in [4.78, 5) is 19.0. The highest BCUT2D eigenvalue weighted by Gasteiger charge is 2.08. The molecule has 3 heteroatoms. The Bertz CT molecular complexity index is 818. The van der Waals surface area contributed by atoms with E-state index < -0.39 is 0 Å². The number of aromatic nitrogens is 2. The SMILES string of the molecule is Cc1nc(-c2ccc(-c3ccccc3)cc2)c(C)c(=O)[nH]1. The highest BCUT2D eigenvalue weighted by atomic mass is 16.1. The molecule has 1 N–H and O–H groups in total. The van der Waals surface area contributed by atoms with Crippen LogP contribution >= 0.6 is 0 Å². The van der Waals surface area contributed by atoms with Crippen molar-refractivity contribution in [2.24, 2.45) is 0 Å². The second kappa shape index (κ2) is 5.37. The van der Waals surface area contributed by atoms with Gasteiger partial charge in [-0.2, -0.15) is 0 Å². The third-order valence-electron chi connectivity index (χ3n) is 3.54. The summed E-state index contributed by atoms with van der Waals surface area (Å²) in [6, 6.07) is 18.3. The third kappa shape index (κ3) is 2.63. The molecule has 3 aromatic rings. The van der Waals surface area contributed by atoms with Gasteiger partial charge in [0.1, 0.15) is 5.82 Å². The third-order valence-corrected chi connectivity index (χ3v) is 3.54. The summed E-state index contributed by atoms with van der Waals surface area (Å²) in [5, 5.41) is 0. The van der Waals surface area contributed by atoms with Crippen LogP contribution in [0.25, 0.3) is 22.4 Å². The first kappa shape index (κ1) is 13.3. The smallest absolute Gasteiger partial charge is 0.254 e. The van der Waals surface area contributed by atoms with Crippen LogP contribution in [0.5, 0.6) is 0 Å². The number of hydrogen-bond donors (Lipinski definition) is 1. The number of benzene rings is 2. The Labute approximate surface area is 123 Å². The van der Waals surface area contributed by atoms with E-state index in [1.165, 1.54) is 5.56 Å². The Balaban J connectivity index is 2.04. The van der Waals surface area contributed by atoms with Gasteiger partial charge in [-0.15, -0.1) is 0 Å². The number of nitrogens with zero attached hydrogens (tertiary/aromatic N) is 1. The van der Waals surface area contributed by atoms with Crippen LogP contribution in [0, 0.1) is 13.8 Å². The minimum absolute atomic E-state index is 0.0790. The van der Waals surface area contributed by atoms with Crippen LogP contribution in [0.3, 0.4) is 0 Å². The number of aryl methyl sites for hydroxylation is 1. The van der Waals surface area contributed by atoms with Crippen LogP contribution in [-0.4, -0.2) is 9.97 Å². The van der Waals surface area contributed by atoms with Crippen LogP contribution in [0.15, 0.2) is 59.4 Å². The first-order valence-electron chi connectivity index (χ1n) is 6.88. The van der Waals surface area contributed by atoms with E-state index in [0.29, 0.717) is 11.4 Å². The van der Waals surface area contributed by atoms with Crippen molar-refractivity contribution in [3.05, 3.63) is 76.3 Å². The van der Waals surface area contributed by atoms with Crippen LogP contribution in [0.4, 0.5) is 0 Å². The summed E-state index contributed by atoms with van der Waals surface area (Å²) in [6.07, 6.45) is 0. The van der Waals surface area contributed by atoms with Gasteiger partial charge < -0.3 is 4.98 Å². The fraction of sp³-hybridized carbons (Fsp3) is 0.111. The Kier molecular flexibility index (Phi) is 3.40. The van der Waals surface area contributed by atoms with Crippen LogP contribution in [0.2, 0.25) is 0 Å². The summed E-state index contributed by atoms with van der Waals surface area (Å²) in [6.45, 7) is 3.59. The maximum Gasteiger partial charge on any atom is 0.254 e. The lowest BCUT2D eigenvalue weighted by Crippen LogP contribution is -2.14. The molecule has 0 saturated heterocycles. The van der Waals surface area contributed by atoms with Crippen molar-refractivity contribution in [1.82, 2.24) is 9.97 Å². The summed E-state index contributed by atoms with van der Waals surface area (Å²) < 4.78 is 0. The van der Waals surface area contributed by atoms with Gasteiger partial charge in [0.2, 0.25) is 0 Å². The summed E-state index contributed by atoms with van der Waals surface area (Å²) in [5.41, 5.74) is 4.60. The molecule has 2 aromatic carbocycles. The van der Waals surface area contributed by atoms with E-state index in [9.17, 15) is 4.79 Å². The van der Waals surface area contributed by atoms with Gasteiger partial charge in [0.15, 0.2) is 0 Å². The summed E-state index contributed by atoms with van der Waals surface area (Å²) in [5.74, 6) is 0.632. The quantitative estimate of drug-likeness (QED) is 0.775. The van der Waals surface area contributed by atoms with Crippen molar-refractivity contribution in [3.63, 3.8) is 0 Å². The van der Waals surface area contributed by atoms with E-state index >= 15 is 0 Å². The average Bonchev–Trinajstić information content (AvgIpc) is 2.52. The predicted molar refractivity (Wildman–Crippen MR) is 85.2 cm³/mol. The molecule has 21 heavy (non-hydrogen) atoms. The van der Waals surface area contributed by atoms with Crippen molar-refractivity contribution in [2.45, 2.75) is 13.8 Å². The van der Waals surface area contributed by atoms with Gasteiger partial charge in [0.25, 0.3) is 5.56 Å². The van der Waals surface area contributed by atoms with E-state index in [4.69, 9.17) is 0 Å². The van der Waals surface area contributed by atoms with Crippen molar-refractivity contribution in [1.29, 1.82) is 0 Å². The zero-order valence-corrected chi connectivity index (χ0v) is 12.1. The molecule has 3 nitrogen and oxygen atoms in total. The van der Waals surface area contributed by atoms with Crippen LogP contribution < -0.4 is 5.56 Å². The summed E-state index contributed by atoms with van der Waals surface area (Å²) in [7, 11) is 0. The molecule has 3 rings (SSSR count). The Morgan fingerprint density at radius 3 is 2.05 bits per heavy atom. The minimum atomic E-state index is -0.0790. The molecule has 0 bridgehead atoms. The second-order valence-electron chi connectivity index (χ2n) is 5.07. The zero-order chi connectivity index (χ0) is 14.8. The molecule has 1 aromatic heterocycles. The van der Waals surface area contributed by atoms with Crippen molar-refractivity contribution in [3.8, 4) is 22.4 Å².